The lowest BCUT2D eigenvalue weighted by Crippen LogP contribution is -2.46. The number of rotatable bonds is 6. The Bertz CT molecular complexity index is 737. The predicted molar refractivity (Wildman–Crippen MR) is 92.1 cm³/mol. The number of amides is 2. The zero-order valence-electron chi connectivity index (χ0n) is 14.8. The molecule has 7 nitrogen and oxygen atoms in total. The van der Waals surface area contributed by atoms with Gasteiger partial charge in [-0.15, -0.1) is 0 Å². The zero-order valence-corrected chi connectivity index (χ0v) is 14.8. The van der Waals surface area contributed by atoms with Gasteiger partial charge in [-0.2, -0.15) is 4.98 Å². The molecule has 1 aromatic carbocycles. The highest BCUT2D eigenvalue weighted by Crippen LogP contribution is 2.19. The second-order valence-corrected chi connectivity index (χ2v) is 6.34. The summed E-state index contributed by atoms with van der Waals surface area (Å²) >= 11 is 0. The highest BCUT2D eigenvalue weighted by Gasteiger charge is 2.24. The maximum Gasteiger partial charge on any atom is 0.317 e. The number of aromatic nitrogens is 2. The number of carbonyl (C=O) groups excluding carboxylic acids is 1. The summed E-state index contributed by atoms with van der Waals surface area (Å²) < 4.78 is 23.9. The van der Waals surface area contributed by atoms with E-state index in [9.17, 15) is 9.18 Å². The minimum Gasteiger partial charge on any atom is -0.493 e. The highest BCUT2D eigenvalue weighted by atomic mass is 19.1. The van der Waals surface area contributed by atoms with E-state index in [0.29, 0.717) is 43.6 Å². The number of nitrogens with zero attached hydrogens (tertiary/aromatic N) is 3. The number of hydrogen-bond donors (Lipinski definition) is 1. The third-order valence-electron chi connectivity index (χ3n) is 4.31. The van der Waals surface area contributed by atoms with Crippen LogP contribution in [0.1, 0.15) is 31.5 Å². The number of aryl methyl sites for hydroxylation is 1. The maximum atomic E-state index is 13.2. The van der Waals surface area contributed by atoms with Gasteiger partial charge in [-0.25, -0.2) is 9.18 Å². The van der Waals surface area contributed by atoms with Crippen LogP contribution in [0.15, 0.2) is 28.8 Å². The number of urea groups is 1. The van der Waals surface area contributed by atoms with E-state index in [1.54, 1.807) is 17.0 Å². The zero-order chi connectivity index (χ0) is 18.4. The minimum atomic E-state index is -0.320. The highest BCUT2D eigenvalue weighted by molar-refractivity contribution is 5.74. The first-order valence-electron chi connectivity index (χ1n) is 8.86. The second kappa shape index (κ2) is 8.64. The van der Waals surface area contributed by atoms with Gasteiger partial charge >= 0.3 is 6.03 Å². The first-order chi connectivity index (χ1) is 12.6. The lowest BCUT2D eigenvalue weighted by Gasteiger charge is -2.32. The lowest BCUT2D eigenvalue weighted by molar-refractivity contribution is 0.136. The summed E-state index contributed by atoms with van der Waals surface area (Å²) in [5, 5.41) is 6.61. The molecule has 1 aliphatic heterocycles. The van der Waals surface area contributed by atoms with E-state index in [0.717, 1.165) is 12.8 Å². The molecule has 2 aromatic rings. The maximum absolute atomic E-state index is 13.2. The summed E-state index contributed by atoms with van der Waals surface area (Å²) in [6, 6.07) is 5.93. The van der Waals surface area contributed by atoms with Gasteiger partial charge < -0.3 is 19.5 Å². The van der Waals surface area contributed by atoms with Crippen molar-refractivity contribution < 1.29 is 18.4 Å². The number of likely N-dealkylation sites (tertiary alicyclic amines) is 1. The summed E-state index contributed by atoms with van der Waals surface area (Å²) in [6.07, 6.45) is 2.57. The Labute approximate surface area is 151 Å². The summed E-state index contributed by atoms with van der Waals surface area (Å²) in [5.41, 5.74) is 0. The molecule has 2 amide bonds. The van der Waals surface area contributed by atoms with Crippen molar-refractivity contribution in [3.8, 4) is 5.75 Å². The number of carbonyl (C=O) groups is 1. The van der Waals surface area contributed by atoms with Crippen LogP contribution in [0.5, 0.6) is 5.75 Å². The van der Waals surface area contributed by atoms with Gasteiger partial charge in [0.2, 0.25) is 5.89 Å². The molecule has 0 radical (unpaired) electrons. The van der Waals surface area contributed by atoms with E-state index in [4.69, 9.17) is 9.26 Å². The predicted octanol–water partition coefficient (Wildman–Crippen LogP) is 2.77. The van der Waals surface area contributed by atoms with Gasteiger partial charge in [0.1, 0.15) is 11.6 Å². The largest absolute Gasteiger partial charge is 0.493 e. The summed E-state index contributed by atoms with van der Waals surface area (Å²) in [4.78, 5) is 18.3. The Morgan fingerprint density at radius 2 is 2.38 bits per heavy atom. The van der Waals surface area contributed by atoms with Crippen molar-refractivity contribution in [2.75, 3.05) is 19.7 Å². The van der Waals surface area contributed by atoms with Crippen LogP contribution in [0.2, 0.25) is 0 Å². The summed E-state index contributed by atoms with van der Waals surface area (Å²) in [5.74, 6) is 1.43. The third-order valence-corrected chi connectivity index (χ3v) is 4.31. The third kappa shape index (κ3) is 4.93. The van der Waals surface area contributed by atoms with Crippen LogP contribution in [0, 0.1) is 11.7 Å². The summed E-state index contributed by atoms with van der Waals surface area (Å²) in [6.45, 7) is 3.91. The standard InChI is InChI=1S/C18H23FN4O3/c1-2-16-21-17(26-22-16)10-20-18(24)23-8-4-5-13(11-23)12-25-15-7-3-6-14(19)9-15/h3,6-7,9,13H,2,4-5,8,10-12H2,1H3,(H,20,24)/t13-/m1/s1. The van der Waals surface area contributed by atoms with E-state index >= 15 is 0 Å². The molecule has 1 aromatic heterocycles. The molecule has 3 rings (SSSR count). The van der Waals surface area contributed by atoms with Crippen molar-refractivity contribution >= 4 is 6.03 Å². The van der Waals surface area contributed by atoms with Crippen molar-refractivity contribution in [3.63, 3.8) is 0 Å². The number of benzene rings is 1. The minimum absolute atomic E-state index is 0.156. The quantitative estimate of drug-likeness (QED) is 0.855. The van der Waals surface area contributed by atoms with Gasteiger partial charge in [0, 0.05) is 31.5 Å². The Hall–Kier alpha value is -2.64. The van der Waals surface area contributed by atoms with Crippen molar-refractivity contribution in [3.05, 3.63) is 41.8 Å². The fourth-order valence-corrected chi connectivity index (χ4v) is 2.93. The van der Waals surface area contributed by atoms with Crippen LogP contribution in [-0.2, 0) is 13.0 Å². The van der Waals surface area contributed by atoms with E-state index in [-0.39, 0.29) is 24.3 Å². The lowest BCUT2D eigenvalue weighted by atomic mass is 9.99. The number of halogens is 1. The average molecular weight is 362 g/mol. The number of piperidine rings is 1. The van der Waals surface area contributed by atoms with Crippen LogP contribution < -0.4 is 10.1 Å². The molecule has 0 bridgehead atoms. The van der Waals surface area contributed by atoms with Gasteiger partial charge in [-0.1, -0.05) is 18.1 Å². The first kappa shape index (κ1) is 18.2. The molecule has 1 N–H and O–H groups in total. The Morgan fingerprint density at radius 1 is 1.50 bits per heavy atom. The van der Waals surface area contributed by atoms with Crippen molar-refractivity contribution in [1.29, 1.82) is 0 Å². The van der Waals surface area contributed by atoms with Gasteiger partial charge in [-0.05, 0) is 25.0 Å². The molecule has 1 aliphatic rings. The van der Waals surface area contributed by atoms with Crippen molar-refractivity contribution in [1.82, 2.24) is 20.4 Å². The molecule has 0 spiro atoms. The van der Waals surface area contributed by atoms with Crippen LogP contribution in [0.3, 0.4) is 0 Å². The van der Waals surface area contributed by atoms with Crippen LogP contribution >= 0.6 is 0 Å². The molecule has 0 aliphatic carbocycles. The average Bonchev–Trinajstić information content (AvgIpc) is 3.13. The van der Waals surface area contributed by atoms with E-state index in [1.165, 1.54) is 12.1 Å². The molecule has 26 heavy (non-hydrogen) atoms. The molecule has 140 valence electrons. The SMILES string of the molecule is CCc1noc(CNC(=O)N2CCC[C@@H](COc3cccc(F)c3)C2)n1. The Morgan fingerprint density at radius 3 is 3.15 bits per heavy atom. The molecular formula is C18H23FN4O3. The Balaban J connectivity index is 1.45. The van der Waals surface area contributed by atoms with Gasteiger partial charge in [0.15, 0.2) is 5.82 Å². The Kier molecular flexibility index (Phi) is 6.04. The van der Waals surface area contributed by atoms with E-state index < -0.39 is 0 Å². The van der Waals surface area contributed by atoms with Crippen molar-refractivity contribution in [2.45, 2.75) is 32.7 Å². The number of ether oxygens (including phenoxy) is 1. The number of hydrogen-bond acceptors (Lipinski definition) is 5. The number of nitrogens with one attached hydrogen (secondary N) is 1. The normalized spacial score (nSPS) is 17.2. The van der Waals surface area contributed by atoms with Gasteiger partial charge in [-0.3, -0.25) is 0 Å². The molecule has 0 saturated carbocycles. The molecule has 0 unspecified atom stereocenters. The first-order valence-corrected chi connectivity index (χ1v) is 8.86. The van der Waals surface area contributed by atoms with Crippen LogP contribution in [0.25, 0.3) is 0 Å². The van der Waals surface area contributed by atoms with Crippen LogP contribution in [0.4, 0.5) is 9.18 Å². The van der Waals surface area contributed by atoms with Gasteiger partial charge in [0.05, 0.1) is 13.2 Å². The molecule has 2 heterocycles. The molecule has 1 saturated heterocycles. The van der Waals surface area contributed by atoms with E-state index in [2.05, 4.69) is 15.5 Å². The fourth-order valence-electron chi connectivity index (χ4n) is 2.93. The second-order valence-electron chi connectivity index (χ2n) is 6.34. The van der Waals surface area contributed by atoms with Gasteiger partial charge in [0.25, 0.3) is 0 Å². The molecule has 1 fully saturated rings. The smallest absolute Gasteiger partial charge is 0.317 e. The van der Waals surface area contributed by atoms with E-state index in [1.807, 2.05) is 6.92 Å². The topological polar surface area (TPSA) is 80.5 Å². The van der Waals surface area contributed by atoms with Crippen molar-refractivity contribution in [2.24, 2.45) is 5.92 Å². The summed E-state index contributed by atoms with van der Waals surface area (Å²) in [7, 11) is 0. The monoisotopic (exact) mass is 362 g/mol. The molecule has 8 heteroatoms. The molecular weight excluding hydrogens is 339 g/mol. The van der Waals surface area contributed by atoms with Crippen LogP contribution in [-0.4, -0.2) is 40.8 Å². The fraction of sp³-hybridized carbons (Fsp3) is 0.500. The molecule has 1 atom stereocenters.